The second kappa shape index (κ2) is 6.71. The minimum atomic E-state index is -0.747. The number of tetrazole rings is 1. The quantitative estimate of drug-likeness (QED) is 0.757. The van der Waals surface area contributed by atoms with Gasteiger partial charge in [-0.3, -0.25) is 4.79 Å². The van der Waals surface area contributed by atoms with Crippen molar-refractivity contribution in [3.8, 4) is 22.9 Å². The molecule has 1 N–H and O–H groups in total. The Morgan fingerprint density at radius 2 is 2.12 bits per heavy atom. The van der Waals surface area contributed by atoms with Gasteiger partial charge in [0.05, 0.1) is 7.11 Å². The standard InChI is InChI=1S/C17H15N5O4/c1-24-13-7-6-11(8-12(13)22-10-18-20-21-22)19-17(23)16-9-25-14-4-2-3-5-15(14)26-16/h2-8,10,16H,9H2,1H3,(H,19,23)/t16-/m1/s1. The molecule has 2 aromatic carbocycles. The number of para-hydroxylation sites is 2. The van der Waals surface area contributed by atoms with Crippen molar-refractivity contribution in [1.82, 2.24) is 20.2 Å². The second-order valence-corrected chi connectivity index (χ2v) is 5.49. The molecule has 2 heterocycles. The van der Waals surface area contributed by atoms with Gasteiger partial charge >= 0.3 is 0 Å². The first-order valence-corrected chi connectivity index (χ1v) is 7.85. The summed E-state index contributed by atoms with van der Waals surface area (Å²) in [5, 5.41) is 13.9. The van der Waals surface area contributed by atoms with Crippen molar-refractivity contribution >= 4 is 11.6 Å². The van der Waals surface area contributed by atoms with Crippen LogP contribution >= 0.6 is 0 Å². The number of benzene rings is 2. The summed E-state index contributed by atoms with van der Waals surface area (Å²) in [6, 6.07) is 12.4. The lowest BCUT2D eigenvalue weighted by Crippen LogP contribution is -2.40. The van der Waals surface area contributed by atoms with Crippen LogP contribution in [0.3, 0.4) is 0 Å². The zero-order valence-corrected chi connectivity index (χ0v) is 13.8. The SMILES string of the molecule is COc1ccc(NC(=O)[C@H]2COc3ccccc3O2)cc1-n1cnnn1. The summed E-state index contributed by atoms with van der Waals surface area (Å²) in [4.78, 5) is 12.5. The Balaban J connectivity index is 1.52. The third kappa shape index (κ3) is 3.02. The van der Waals surface area contributed by atoms with Crippen LogP contribution < -0.4 is 19.5 Å². The van der Waals surface area contributed by atoms with Crippen molar-refractivity contribution in [2.75, 3.05) is 19.0 Å². The van der Waals surface area contributed by atoms with Crippen molar-refractivity contribution in [3.63, 3.8) is 0 Å². The van der Waals surface area contributed by atoms with Crippen LogP contribution in [0.5, 0.6) is 17.2 Å². The summed E-state index contributed by atoms with van der Waals surface area (Å²) in [5.41, 5.74) is 1.16. The molecule has 0 unspecified atom stereocenters. The lowest BCUT2D eigenvalue weighted by atomic mass is 10.2. The molecule has 1 amide bonds. The smallest absolute Gasteiger partial charge is 0.269 e. The number of amides is 1. The van der Waals surface area contributed by atoms with E-state index in [1.165, 1.54) is 11.0 Å². The molecule has 0 saturated heterocycles. The largest absolute Gasteiger partial charge is 0.494 e. The third-order valence-corrected chi connectivity index (χ3v) is 3.84. The maximum atomic E-state index is 12.5. The number of anilines is 1. The topological polar surface area (TPSA) is 100 Å². The Hall–Kier alpha value is -3.62. The van der Waals surface area contributed by atoms with Gasteiger partial charge in [0.15, 0.2) is 11.5 Å². The van der Waals surface area contributed by atoms with E-state index in [2.05, 4.69) is 20.8 Å². The number of nitrogens with zero attached hydrogens (tertiary/aromatic N) is 4. The Labute approximate surface area is 148 Å². The molecule has 1 aliphatic heterocycles. The lowest BCUT2D eigenvalue weighted by molar-refractivity contribution is -0.125. The number of fused-ring (bicyclic) bond motifs is 1. The normalized spacial score (nSPS) is 15.3. The summed E-state index contributed by atoms with van der Waals surface area (Å²) in [5.74, 6) is 1.43. The molecule has 26 heavy (non-hydrogen) atoms. The molecule has 0 saturated carbocycles. The zero-order valence-electron chi connectivity index (χ0n) is 13.8. The predicted molar refractivity (Wildman–Crippen MR) is 90.7 cm³/mol. The molecule has 0 spiro atoms. The van der Waals surface area contributed by atoms with Crippen LogP contribution in [0.15, 0.2) is 48.8 Å². The zero-order chi connectivity index (χ0) is 17.9. The maximum absolute atomic E-state index is 12.5. The highest BCUT2D eigenvalue weighted by Crippen LogP contribution is 2.31. The van der Waals surface area contributed by atoms with E-state index in [1.807, 2.05) is 12.1 Å². The number of methoxy groups -OCH3 is 1. The minimum Gasteiger partial charge on any atom is -0.494 e. The van der Waals surface area contributed by atoms with Crippen LogP contribution in [0.1, 0.15) is 0 Å². The molecular formula is C17H15N5O4. The van der Waals surface area contributed by atoms with E-state index in [4.69, 9.17) is 14.2 Å². The van der Waals surface area contributed by atoms with Crippen LogP contribution in [0, 0.1) is 0 Å². The van der Waals surface area contributed by atoms with E-state index < -0.39 is 6.10 Å². The van der Waals surface area contributed by atoms with E-state index in [9.17, 15) is 4.79 Å². The van der Waals surface area contributed by atoms with Gasteiger partial charge in [-0.05, 0) is 40.8 Å². The van der Waals surface area contributed by atoms with Gasteiger partial charge in [-0.15, -0.1) is 5.10 Å². The van der Waals surface area contributed by atoms with Gasteiger partial charge in [0.1, 0.15) is 24.4 Å². The van der Waals surface area contributed by atoms with E-state index >= 15 is 0 Å². The summed E-state index contributed by atoms with van der Waals surface area (Å²) in [7, 11) is 1.55. The molecule has 9 nitrogen and oxygen atoms in total. The molecule has 0 bridgehead atoms. The molecule has 0 aliphatic carbocycles. The molecule has 1 aromatic heterocycles. The fourth-order valence-corrected chi connectivity index (χ4v) is 2.59. The van der Waals surface area contributed by atoms with E-state index in [0.717, 1.165) is 0 Å². The first kappa shape index (κ1) is 15.9. The monoisotopic (exact) mass is 353 g/mol. The van der Waals surface area contributed by atoms with Crippen LogP contribution in [0.2, 0.25) is 0 Å². The second-order valence-electron chi connectivity index (χ2n) is 5.49. The summed E-state index contributed by atoms with van der Waals surface area (Å²) < 4.78 is 18.1. The van der Waals surface area contributed by atoms with Crippen LogP contribution in [-0.4, -0.2) is 45.9 Å². The molecule has 9 heteroatoms. The molecule has 3 aromatic rings. The van der Waals surface area contributed by atoms with Crippen LogP contribution in [0.4, 0.5) is 5.69 Å². The Morgan fingerprint density at radius 1 is 1.27 bits per heavy atom. The number of nitrogens with one attached hydrogen (secondary N) is 1. The number of aromatic nitrogens is 4. The molecule has 1 atom stereocenters. The molecule has 0 fully saturated rings. The lowest BCUT2D eigenvalue weighted by Gasteiger charge is -2.25. The van der Waals surface area contributed by atoms with E-state index in [0.29, 0.717) is 28.6 Å². The van der Waals surface area contributed by atoms with Gasteiger partial charge in [0, 0.05) is 5.69 Å². The molecule has 1 aliphatic rings. The van der Waals surface area contributed by atoms with Crippen molar-refractivity contribution in [2.24, 2.45) is 0 Å². The average molecular weight is 353 g/mol. The molecule has 4 rings (SSSR count). The Kier molecular flexibility index (Phi) is 4.10. The Bertz CT molecular complexity index is 929. The maximum Gasteiger partial charge on any atom is 0.269 e. The van der Waals surface area contributed by atoms with E-state index in [1.54, 1.807) is 37.4 Å². The minimum absolute atomic E-state index is 0.138. The van der Waals surface area contributed by atoms with Gasteiger partial charge in [-0.25, -0.2) is 0 Å². The first-order chi connectivity index (χ1) is 12.7. The highest BCUT2D eigenvalue weighted by Gasteiger charge is 2.27. The van der Waals surface area contributed by atoms with Crippen molar-refractivity contribution in [1.29, 1.82) is 0 Å². The van der Waals surface area contributed by atoms with Crippen LogP contribution in [-0.2, 0) is 4.79 Å². The fourth-order valence-electron chi connectivity index (χ4n) is 2.59. The highest BCUT2D eigenvalue weighted by molar-refractivity contribution is 5.95. The number of carbonyl (C=O) groups is 1. The highest BCUT2D eigenvalue weighted by atomic mass is 16.6. The molecule has 132 valence electrons. The summed E-state index contributed by atoms with van der Waals surface area (Å²) in [6.07, 6.45) is 0.696. The first-order valence-electron chi connectivity index (χ1n) is 7.85. The van der Waals surface area contributed by atoms with Gasteiger partial charge in [0.25, 0.3) is 5.91 Å². The molecule has 0 radical (unpaired) electrons. The van der Waals surface area contributed by atoms with Crippen LogP contribution in [0.25, 0.3) is 5.69 Å². The fraction of sp³-hybridized carbons (Fsp3) is 0.176. The third-order valence-electron chi connectivity index (χ3n) is 3.84. The number of ether oxygens (including phenoxy) is 3. The Morgan fingerprint density at radius 3 is 2.88 bits per heavy atom. The predicted octanol–water partition coefficient (Wildman–Crippen LogP) is 1.45. The van der Waals surface area contributed by atoms with Crippen molar-refractivity contribution in [3.05, 3.63) is 48.8 Å². The molecular weight excluding hydrogens is 338 g/mol. The number of rotatable bonds is 4. The van der Waals surface area contributed by atoms with Gasteiger partial charge in [0.2, 0.25) is 6.10 Å². The summed E-state index contributed by atoms with van der Waals surface area (Å²) in [6.45, 7) is 0.138. The van der Waals surface area contributed by atoms with Gasteiger partial charge in [-0.1, -0.05) is 12.1 Å². The van der Waals surface area contributed by atoms with Crippen molar-refractivity contribution < 1.29 is 19.0 Å². The van der Waals surface area contributed by atoms with Gasteiger partial charge < -0.3 is 19.5 Å². The number of hydrogen-bond donors (Lipinski definition) is 1. The van der Waals surface area contributed by atoms with Crippen molar-refractivity contribution in [2.45, 2.75) is 6.10 Å². The van der Waals surface area contributed by atoms with Gasteiger partial charge in [-0.2, -0.15) is 4.68 Å². The average Bonchev–Trinajstić information content (AvgIpc) is 3.22. The number of carbonyl (C=O) groups excluding carboxylic acids is 1. The van der Waals surface area contributed by atoms with E-state index in [-0.39, 0.29) is 12.5 Å². The summed E-state index contributed by atoms with van der Waals surface area (Å²) >= 11 is 0. The number of hydrogen-bond acceptors (Lipinski definition) is 7.